The van der Waals surface area contributed by atoms with Crippen LogP contribution in [0.4, 0.5) is 11.4 Å². The van der Waals surface area contributed by atoms with Crippen LogP contribution < -0.4 is 15.4 Å². The number of hydrogen-bond acceptors (Lipinski definition) is 5. The summed E-state index contributed by atoms with van der Waals surface area (Å²) in [6, 6.07) is 9.75. The van der Waals surface area contributed by atoms with Crippen molar-refractivity contribution in [1.82, 2.24) is 5.32 Å². The van der Waals surface area contributed by atoms with Gasteiger partial charge in [0, 0.05) is 17.3 Å². The van der Waals surface area contributed by atoms with E-state index in [1.54, 1.807) is 0 Å². The van der Waals surface area contributed by atoms with Crippen molar-refractivity contribution in [2.45, 2.75) is 13.8 Å². The second-order valence-corrected chi connectivity index (χ2v) is 5.84. The smallest absolute Gasteiger partial charge is 0.311 e. The van der Waals surface area contributed by atoms with Gasteiger partial charge < -0.3 is 10.1 Å². The number of methoxy groups -OCH3 is 1. The van der Waals surface area contributed by atoms with Gasteiger partial charge in [0.25, 0.3) is 5.91 Å². The second-order valence-electron chi connectivity index (χ2n) is 5.43. The number of benzene rings is 2. The quantitative estimate of drug-likeness (QED) is 0.494. The fraction of sp³-hybridized carbons (Fsp3) is 0.176. The average molecular weight is 359 g/mol. The van der Waals surface area contributed by atoms with Gasteiger partial charge in [0.1, 0.15) is 0 Å². The monoisotopic (exact) mass is 359 g/mol. The molecule has 0 radical (unpaired) electrons. The molecule has 0 bridgehead atoms. The predicted octanol–water partition coefficient (Wildman–Crippen LogP) is 3.35. The van der Waals surface area contributed by atoms with E-state index in [0.29, 0.717) is 0 Å². The molecule has 0 heterocycles. The first-order chi connectivity index (χ1) is 11.8. The molecule has 0 aliphatic heterocycles. The highest BCUT2D eigenvalue weighted by molar-refractivity contribution is 7.80. The standard InChI is InChI=1S/C17H17N3O4S/c1-10-6-11(2)8-13(7-10)18-17(25)19-16(21)12-4-5-15(24-3)14(9-12)20(22)23/h4-9H,1-3H3,(H2,18,19,21,25). The van der Waals surface area contributed by atoms with Gasteiger partial charge in [-0.1, -0.05) is 6.07 Å². The van der Waals surface area contributed by atoms with Crippen molar-refractivity contribution in [3.8, 4) is 5.75 Å². The Balaban J connectivity index is 2.12. The fourth-order valence-corrected chi connectivity index (χ4v) is 2.57. The maximum absolute atomic E-state index is 12.3. The van der Waals surface area contributed by atoms with Gasteiger partial charge in [-0.15, -0.1) is 0 Å². The van der Waals surface area contributed by atoms with Crippen molar-refractivity contribution in [2.75, 3.05) is 12.4 Å². The Morgan fingerprint density at radius 1 is 1.16 bits per heavy atom. The summed E-state index contributed by atoms with van der Waals surface area (Å²) in [6.07, 6.45) is 0. The van der Waals surface area contributed by atoms with E-state index in [0.717, 1.165) is 22.9 Å². The Kier molecular flexibility index (Phi) is 5.66. The molecule has 1 amide bonds. The number of nitrogens with zero attached hydrogens (tertiary/aromatic N) is 1. The number of aryl methyl sites for hydroxylation is 2. The molecule has 0 saturated carbocycles. The molecule has 0 aromatic heterocycles. The van der Waals surface area contributed by atoms with Gasteiger partial charge in [-0.2, -0.15) is 0 Å². The Morgan fingerprint density at radius 2 is 1.80 bits per heavy atom. The first-order valence-corrected chi connectivity index (χ1v) is 7.74. The van der Waals surface area contributed by atoms with E-state index in [2.05, 4.69) is 10.6 Å². The number of ether oxygens (including phenoxy) is 1. The summed E-state index contributed by atoms with van der Waals surface area (Å²) >= 11 is 5.13. The minimum absolute atomic E-state index is 0.0810. The maximum Gasteiger partial charge on any atom is 0.311 e. The number of nitrogens with one attached hydrogen (secondary N) is 2. The number of thiocarbonyl (C=S) groups is 1. The molecule has 0 aliphatic carbocycles. The number of anilines is 1. The van der Waals surface area contributed by atoms with E-state index in [-0.39, 0.29) is 22.1 Å². The van der Waals surface area contributed by atoms with E-state index < -0.39 is 10.8 Å². The highest BCUT2D eigenvalue weighted by atomic mass is 32.1. The van der Waals surface area contributed by atoms with Crippen molar-refractivity contribution < 1.29 is 14.5 Å². The lowest BCUT2D eigenvalue weighted by Gasteiger charge is -2.11. The second kappa shape index (κ2) is 7.71. The SMILES string of the molecule is COc1ccc(C(=O)NC(=S)Nc2cc(C)cc(C)c2)cc1[N+](=O)[O-]. The van der Waals surface area contributed by atoms with Crippen molar-refractivity contribution in [3.05, 3.63) is 63.2 Å². The largest absolute Gasteiger partial charge is 0.490 e. The molecule has 8 heteroatoms. The van der Waals surface area contributed by atoms with Crippen LogP contribution in [0.2, 0.25) is 0 Å². The van der Waals surface area contributed by atoms with E-state index in [1.807, 2.05) is 32.0 Å². The van der Waals surface area contributed by atoms with Crippen LogP contribution in [-0.2, 0) is 0 Å². The average Bonchev–Trinajstić information content (AvgIpc) is 2.52. The summed E-state index contributed by atoms with van der Waals surface area (Å²) in [5.74, 6) is -0.467. The summed E-state index contributed by atoms with van der Waals surface area (Å²) in [4.78, 5) is 22.7. The third kappa shape index (κ3) is 4.74. The van der Waals surface area contributed by atoms with Gasteiger partial charge in [0.15, 0.2) is 10.9 Å². The van der Waals surface area contributed by atoms with E-state index in [9.17, 15) is 14.9 Å². The first-order valence-electron chi connectivity index (χ1n) is 7.33. The number of carbonyl (C=O) groups excluding carboxylic acids is 1. The van der Waals surface area contributed by atoms with Gasteiger partial charge in [-0.25, -0.2) is 0 Å². The molecule has 0 spiro atoms. The number of rotatable bonds is 4. The molecule has 130 valence electrons. The Morgan fingerprint density at radius 3 is 2.36 bits per heavy atom. The van der Waals surface area contributed by atoms with Gasteiger partial charge >= 0.3 is 5.69 Å². The molecule has 25 heavy (non-hydrogen) atoms. The van der Waals surface area contributed by atoms with Crippen molar-refractivity contribution in [1.29, 1.82) is 0 Å². The molecule has 0 saturated heterocycles. The number of hydrogen-bond donors (Lipinski definition) is 2. The fourth-order valence-electron chi connectivity index (χ4n) is 2.36. The number of nitro groups is 1. The van der Waals surface area contributed by atoms with E-state index in [4.69, 9.17) is 17.0 Å². The Bertz CT molecular complexity index is 832. The minimum atomic E-state index is -0.609. The van der Waals surface area contributed by atoms with Crippen LogP contribution in [0.25, 0.3) is 0 Å². The zero-order valence-corrected chi connectivity index (χ0v) is 14.8. The number of amides is 1. The Labute approximate surface area is 150 Å². The molecule has 0 unspecified atom stereocenters. The zero-order chi connectivity index (χ0) is 18.6. The summed E-state index contributed by atoms with van der Waals surface area (Å²) in [5, 5.41) is 16.6. The molecule has 0 aliphatic rings. The zero-order valence-electron chi connectivity index (χ0n) is 14.0. The minimum Gasteiger partial charge on any atom is -0.490 e. The molecule has 2 N–H and O–H groups in total. The summed E-state index contributed by atoms with van der Waals surface area (Å²) < 4.78 is 4.91. The van der Waals surface area contributed by atoms with Crippen LogP contribution in [-0.4, -0.2) is 23.1 Å². The van der Waals surface area contributed by atoms with Crippen molar-refractivity contribution >= 4 is 34.6 Å². The lowest BCUT2D eigenvalue weighted by molar-refractivity contribution is -0.385. The lowest BCUT2D eigenvalue weighted by atomic mass is 10.1. The Hall–Kier alpha value is -3.00. The van der Waals surface area contributed by atoms with E-state index in [1.165, 1.54) is 19.2 Å². The highest BCUT2D eigenvalue weighted by Crippen LogP contribution is 2.27. The van der Waals surface area contributed by atoms with Crippen LogP contribution in [0.3, 0.4) is 0 Å². The number of nitro benzene ring substituents is 1. The molecule has 0 atom stereocenters. The van der Waals surface area contributed by atoms with Crippen LogP contribution in [0.5, 0.6) is 5.75 Å². The normalized spacial score (nSPS) is 10.0. The maximum atomic E-state index is 12.3. The molecular formula is C17H17N3O4S. The van der Waals surface area contributed by atoms with Gasteiger partial charge in [0.2, 0.25) is 0 Å². The van der Waals surface area contributed by atoms with Crippen LogP contribution in [0.1, 0.15) is 21.5 Å². The third-order valence-electron chi connectivity index (χ3n) is 3.34. The van der Waals surface area contributed by atoms with Crippen molar-refractivity contribution in [2.24, 2.45) is 0 Å². The molecule has 2 aromatic rings. The molecular weight excluding hydrogens is 342 g/mol. The molecule has 2 rings (SSSR count). The summed E-state index contributed by atoms with van der Waals surface area (Å²) in [7, 11) is 1.32. The number of carbonyl (C=O) groups is 1. The predicted molar refractivity (Wildman–Crippen MR) is 99.3 cm³/mol. The van der Waals surface area contributed by atoms with Crippen LogP contribution in [0.15, 0.2) is 36.4 Å². The van der Waals surface area contributed by atoms with Crippen LogP contribution >= 0.6 is 12.2 Å². The molecule has 7 nitrogen and oxygen atoms in total. The highest BCUT2D eigenvalue weighted by Gasteiger charge is 2.18. The lowest BCUT2D eigenvalue weighted by Crippen LogP contribution is -2.34. The summed E-state index contributed by atoms with van der Waals surface area (Å²) in [5.41, 5.74) is 2.69. The van der Waals surface area contributed by atoms with E-state index >= 15 is 0 Å². The first kappa shape index (κ1) is 18.3. The molecule has 0 fully saturated rings. The summed E-state index contributed by atoms with van der Waals surface area (Å²) in [6.45, 7) is 3.91. The van der Waals surface area contributed by atoms with Crippen molar-refractivity contribution in [3.63, 3.8) is 0 Å². The van der Waals surface area contributed by atoms with Gasteiger partial charge in [-0.3, -0.25) is 20.2 Å². The van der Waals surface area contributed by atoms with Crippen LogP contribution in [0, 0.1) is 24.0 Å². The van der Waals surface area contributed by atoms with Gasteiger partial charge in [0.05, 0.1) is 12.0 Å². The molecule has 2 aromatic carbocycles. The third-order valence-corrected chi connectivity index (χ3v) is 3.55. The van der Waals surface area contributed by atoms with Gasteiger partial charge in [-0.05, 0) is 61.5 Å². The topological polar surface area (TPSA) is 93.5 Å².